The number of nitrogens with zero attached hydrogens (tertiary/aromatic N) is 4. The van der Waals surface area contributed by atoms with E-state index < -0.39 is 0 Å². The van der Waals surface area contributed by atoms with Crippen LogP contribution in [0.4, 0.5) is 34.1 Å². The lowest BCUT2D eigenvalue weighted by molar-refractivity contribution is 0.476. The molecule has 10 aromatic carbocycles. The normalized spacial score (nSPS) is 11.2. The zero-order valence-electron chi connectivity index (χ0n) is 37.4. The predicted molar refractivity (Wildman–Crippen MR) is 282 cm³/mol. The Morgan fingerprint density at radius 3 is 1.12 bits per heavy atom. The molecule has 2 heterocycles. The minimum atomic E-state index is 0.167. The van der Waals surface area contributed by atoms with Gasteiger partial charge in [-0.15, -0.1) is 0 Å². The smallest absolute Gasteiger partial charge is 0.141 e. The first-order valence-electron chi connectivity index (χ1n) is 22.7. The molecule has 0 saturated heterocycles. The van der Waals surface area contributed by atoms with Crippen molar-refractivity contribution < 1.29 is 5.11 Å². The monoisotopic (exact) mass is 864 g/mol. The van der Waals surface area contributed by atoms with Crippen LogP contribution in [0, 0.1) is 13.8 Å². The van der Waals surface area contributed by atoms with Crippen LogP contribution >= 0.6 is 0 Å². The molecule has 0 aliphatic heterocycles. The first kappa shape index (κ1) is 40.9. The van der Waals surface area contributed by atoms with Crippen LogP contribution in [0.2, 0.25) is 0 Å². The van der Waals surface area contributed by atoms with Gasteiger partial charge in [-0.2, -0.15) is 0 Å². The Hall–Kier alpha value is -8.80. The molecule has 5 heteroatoms. The van der Waals surface area contributed by atoms with Crippen molar-refractivity contribution >= 4 is 77.7 Å². The van der Waals surface area contributed by atoms with E-state index in [2.05, 4.69) is 239 Å². The second kappa shape index (κ2) is 17.6. The van der Waals surface area contributed by atoms with Crippen LogP contribution in [-0.4, -0.2) is 14.2 Å². The number of benzene rings is 10. The van der Waals surface area contributed by atoms with Crippen LogP contribution in [0.25, 0.3) is 55.0 Å². The van der Waals surface area contributed by atoms with E-state index in [1.807, 2.05) is 42.5 Å². The number of rotatable bonds is 8. The van der Waals surface area contributed by atoms with E-state index >= 15 is 0 Å². The number of anilines is 6. The summed E-state index contributed by atoms with van der Waals surface area (Å²) < 4.78 is 4.65. The Balaban J connectivity index is 0.000000562. The third-order valence-corrected chi connectivity index (χ3v) is 12.8. The van der Waals surface area contributed by atoms with E-state index in [-0.39, 0.29) is 5.75 Å². The molecule has 67 heavy (non-hydrogen) atoms. The molecule has 12 aromatic rings. The second-order valence-corrected chi connectivity index (χ2v) is 16.9. The lowest BCUT2D eigenvalue weighted by Crippen LogP contribution is -2.12. The second-order valence-electron chi connectivity index (χ2n) is 16.9. The number of para-hydroxylation sites is 6. The van der Waals surface area contributed by atoms with E-state index in [0.717, 1.165) is 72.7 Å². The Morgan fingerprint density at radius 1 is 0.299 bits per heavy atom. The van der Waals surface area contributed by atoms with E-state index in [1.54, 1.807) is 0 Å². The van der Waals surface area contributed by atoms with Gasteiger partial charge < -0.3 is 24.0 Å². The minimum Gasteiger partial charge on any atom is -0.506 e. The Bertz CT molecular complexity index is 3650. The summed E-state index contributed by atoms with van der Waals surface area (Å²) in [6.07, 6.45) is 0. The van der Waals surface area contributed by atoms with Crippen molar-refractivity contribution in [3.63, 3.8) is 0 Å². The van der Waals surface area contributed by atoms with Crippen LogP contribution in [0.1, 0.15) is 11.1 Å². The summed E-state index contributed by atoms with van der Waals surface area (Å²) in [7, 11) is 0. The number of hydrogen-bond donors (Lipinski definition) is 1. The van der Waals surface area contributed by atoms with E-state index in [9.17, 15) is 5.11 Å². The molecule has 0 spiro atoms. The SMILES string of the molecule is Cc1ccccc1C.Oc1cc(N(c2ccccc2)c2ccc3c(c2)c2ccccc2n3-c2ccccc2)ccc1N(c1ccccc1)c1ccc2c(c1)c1ccccc1n2-c1ccccc1. The van der Waals surface area contributed by atoms with Gasteiger partial charge >= 0.3 is 0 Å². The molecular weight excluding hydrogens is 817 g/mol. The number of aromatic hydroxyl groups is 1. The van der Waals surface area contributed by atoms with Gasteiger partial charge in [-0.05, 0) is 134 Å². The lowest BCUT2D eigenvalue weighted by Gasteiger charge is -2.29. The van der Waals surface area contributed by atoms with Gasteiger partial charge in [0.2, 0.25) is 0 Å². The summed E-state index contributed by atoms with van der Waals surface area (Å²) in [5.74, 6) is 0.167. The molecular formula is C62H48N4O. The minimum absolute atomic E-state index is 0.167. The van der Waals surface area contributed by atoms with Crippen LogP contribution in [0.3, 0.4) is 0 Å². The predicted octanol–water partition coefficient (Wildman–Crippen LogP) is 16.8. The summed E-state index contributed by atoms with van der Waals surface area (Å²) >= 11 is 0. The maximum absolute atomic E-state index is 12.2. The Morgan fingerprint density at radius 2 is 0.657 bits per heavy atom. The van der Waals surface area contributed by atoms with Crippen molar-refractivity contribution in [2.24, 2.45) is 0 Å². The topological polar surface area (TPSA) is 36.6 Å². The summed E-state index contributed by atoms with van der Waals surface area (Å²) in [6, 6.07) is 86.4. The summed E-state index contributed by atoms with van der Waals surface area (Å²) in [5, 5.41) is 16.9. The molecule has 322 valence electrons. The standard InChI is InChI=1S/C54H38N4O.C8H10/c59-54-37-44(55(38-17-5-1-6-18-38)42-29-32-51-47(35-42)45-25-13-15-27-49(45)57(51)40-21-9-3-10-22-40)31-34-53(54)56(39-19-7-2-8-20-39)43-30-33-52-48(36-43)46-26-14-16-28-50(46)58(52)41-23-11-4-12-24-41;1-7-5-3-4-6-8(7)2/h1-37,59H;3-6H,1-2H3. The van der Waals surface area contributed by atoms with Gasteiger partial charge in [0, 0.05) is 67.4 Å². The van der Waals surface area contributed by atoms with Crippen molar-refractivity contribution in [3.8, 4) is 17.1 Å². The number of aromatic nitrogens is 2. The largest absolute Gasteiger partial charge is 0.506 e. The highest BCUT2D eigenvalue weighted by atomic mass is 16.3. The maximum Gasteiger partial charge on any atom is 0.141 e. The number of phenols is 1. The highest BCUT2D eigenvalue weighted by Gasteiger charge is 2.22. The van der Waals surface area contributed by atoms with Gasteiger partial charge in [0.25, 0.3) is 0 Å². The molecule has 0 aliphatic rings. The van der Waals surface area contributed by atoms with Gasteiger partial charge in [0.1, 0.15) is 5.75 Å². The number of aryl methyl sites for hydroxylation is 2. The molecule has 0 fully saturated rings. The maximum atomic E-state index is 12.2. The molecule has 0 aliphatic carbocycles. The van der Waals surface area contributed by atoms with Crippen molar-refractivity contribution in [1.82, 2.24) is 9.13 Å². The van der Waals surface area contributed by atoms with Crippen molar-refractivity contribution in [1.29, 1.82) is 0 Å². The number of phenolic OH excluding ortho intramolecular Hbond substituents is 1. The third-order valence-electron chi connectivity index (χ3n) is 12.8. The number of fused-ring (bicyclic) bond motifs is 6. The average molecular weight is 865 g/mol. The molecule has 0 atom stereocenters. The van der Waals surface area contributed by atoms with Crippen molar-refractivity contribution in [3.05, 3.63) is 260 Å². The Kier molecular flexibility index (Phi) is 10.8. The van der Waals surface area contributed by atoms with Crippen LogP contribution in [0.5, 0.6) is 5.75 Å². The highest BCUT2D eigenvalue weighted by Crippen LogP contribution is 2.46. The van der Waals surface area contributed by atoms with Crippen LogP contribution in [0.15, 0.2) is 249 Å². The Labute approximate surface area is 390 Å². The van der Waals surface area contributed by atoms with E-state index in [4.69, 9.17) is 0 Å². The molecule has 1 N–H and O–H groups in total. The summed E-state index contributed by atoms with van der Waals surface area (Å²) in [4.78, 5) is 4.36. The van der Waals surface area contributed by atoms with Gasteiger partial charge in [-0.25, -0.2) is 0 Å². The van der Waals surface area contributed by atoms with Crippen LogP contribution in [-0.2, 0) is 0 Å². The van der Waals surface area contributed by atoms with Crippen molar-refractivity contribution in [2.75, 3.05) is 9.80 Å². The first-order valence-corrected chi connectivity index (χ1v) is 22.7. The zero-order valence-corrected chi connectivity index (χ0v) is 37.4. The average Bonchev–Trinajstić information content (AvgIpc) is 3.89. The quantitative estimate of drug-likeness (QED) is 0.165. The molecule has 5 nitrogen and oxygen atoms in total. The molecule has 0 saturated carbocycles. The molecule has 0 bridgehead atoms. The number of hydrogen-bond acceptors (Lipinski definition) is 3. The molecule has 0 radical (unpaired) electrons. The zero-order chi connectivity index (χ0) is 45.3. The van der Waals surface area contributed by atoms with Gasteiger partial charge in [-0.3, -0.25) is 0 Å². The fourth-order valence-electron chi connectivity index (χ4n) is 9.44. The van der Waals surface area contributed by atoms with Gasteiger partial charge in [0.15, 0.2) is 0 Å². The summed E-state index contributed by atoms with van der Waals surface area (Å²) in [5.41, 5.74) is 14.9. The lowest BCUT2D eigenvalue weighted by atomic mass is 10.1. The van der Waals surface area contributed by atoms with Crippen molar-refractivity contribution in [2.45, 2.75) is 13.8 Å². The highest BCUT2D eigenvalue weighted by molar-refractivity contribution is 6.12. The molecule has 0 amide bonds. The molecule has 2 aromatic heterocycles. The molecule has 12 rings (SSSR count). The van der Waals surface area contributed by atoms with Gasteiger partial charge in [-0.1, -0.05) is 133 Å². The first-order chi connectivity index (χ1) is 33.0. The fraction of sp³-hybridized carbons (Fsp3) is 0.0323. The van der Waals surface area contributed by atoms with Crippen LogP contribution < -0.4 is 9.80 Å². The third kappa shape index (κ3) is 7.62. The molecule has 0 unspecified atom stereocenters. The van der Waals surface area contributed by atoms with Gasteiger partial charge in [0.05, 0.1) is 27.8 Å². The summed E-state index contributed by atoms with van der Waals surface area (Å²) in [6.45, 7) is 4.24. The van der Waals surface area contributed by atoms with E-state index in [1.165, 1.54) is 21.9 Å². The van der Waals surface area contributed by atoms with E-state index in [0.29, 0.717) is 5.69 Å². The fourth-order valence-corrected chi connectivity index (χ4v) is 9.44.